The predicted molar refractivity (Wildman–Crippen MR) is 150 cm³/mol. The van der Waals surface area contributed by atoms with Crippen molar-refractivity contribution in [3.05, 3.63) is 99.7 Å². The van der Waals surface area contributed by atoms with E-state index in [0.717, 1.165) is 68.8 Å². The maximum atomic E-state index is 13.7. The molecule has 0 spiro atoms. The van der Waals surface area contributed by atoms with Crippen molar-refractivity contribution in [2.75, 3.05) is 11.9 Å². The highest BCUT2D eigenvalue weighted by Gasteiger charge is 2.54. The Bertz CT molecular complexity index is 1910. The number of pyridine rings is 1. The number of aryl methyl sites for hydroxylation is 1. The molecule has 3 aromatic heterocycles. The zero-order valence-corrected chi connectivity index (χ0v) is 22.2. The fourth-order valence-corrected chi connectivity index (χ4v) is 6.33. The molecule has 11 heteroatoms. The van der Waals surface area contributed by atoms with Gasteiger partial charge in [-0.1, -0.05) is 24.2 Å². The maximum absolute atomic E-state index is 13.7. The highest BCUT2D eigenvalue weighted by molar-refractivity contribution is 6.31. The zero-order chi connectivity index (χ0) is 27.1. The standard InChI is InChI=1S/C29H23ClN8O2/c1-14-12-40-25-8-16(3-5-22(25)32-14)27-15(2)33-29(34-27)28-21-11-20(21)24-7-17(9-26(39)38(24)28)19-10-18(30)4-6-23(19)37-13-31-35-36-37/h3-10,13,20-21,28,32H,1,11-12H2,2H3,(H,33,34). The lowest BCUT2D eigenvalue weighted by atomic mass is 10.0. The minimum Gasteiger partial charge on any atom is -0.485 e. The summed E-state index contributed by atoms with van der Waals surface area (Å²) in [5, 5.41) is 15.4. The molecule has 5 aromatic rings. The molecule has 1 aliphatic carbocycles. The van der Waals surface area contributed by atoms with Gasteiger partial charge in [-0.2, -0.15) is 4.68 Å². The number of anilines is 1. The van der Waals surface area contributed by atoms with Crippen LogP contribution in [0.3, 0.4) is 0 Å². The van der Waals surface area contributed by atoms with Crippen LogP contribution in [0.1, 0.15) is 35.6 Å². The molecule has 3 aliphatic rings. The lowest BCUT2D eigenvalue weighted by Gasteiger charge is -2.21. The third kappa shape index (κ3) is 3.52. The molecule has 0 radical (unpaired) electrons. The number of imidazole rings is 1. The normalized spacial score (nSPS) is 20.4. The van der Waals surface area contributed by atoms with E-state index < -0.39 is 0 Å². The largest absolute Gasteiger partial charge is 0.485 e. The molecule has 3 atom stereocenters. The van der Waals surface area contributed by atoms with Gasteiger partial charge in [0.25, 0.3) is 5.56 Å². The maximum Gasteiger partial charge on any atom is 0.252 e. The first kappa shape index (κ1) is 23.2. The number of nitrogens with zero attached hydrogens (tertiary/aromatic N) is 6. The molecule has 2 aromatic carbocycles. The minimum atomic E-state index is -0.147. The molecule has 1 fully saturated rings. The van der Waals surface area contributed by atoms with Gasteiger partial charge < -0.3 is 19.6 Å². The van der Waals surface area contributed by atoms with Gasteiger partial charge in [0.2, 0.25) is 0 Å². The molecular formula is C29H23ClN8O2. The van der Waals surface area contributed by atoms with Crippen LogP contribution in [-0.4, -0.2) is 41.3 Å². The molecule has 5 heterocycles. The van der Waals surface area contributed by atoms with Gasteiger partial charge in [0.15, 0.2) is 0 Å². The number of fused-ring (bicyclic) bond motifs is 4. The molecule has 2 N–H and O–H groups in total. The number of halogens is 1. The molecule has 198 valence electrons. The number of ether oxygens (including phenoxy) is 1. The predicted octanol–water partition coefficient (Wildman–Crippen LogP) is 4.87. The van der Waals surface area contributed by atoms with Crippen LogP contribution in [0.2, 0.25) is 5.02 Å². The van der Waals surface area contributed by atoms with E-state index in [2.05, 4.69) is 38.5 Å². The zero-order valence-electron chi connectivity index (χ0n) is 21.4. The van der Waals surface area contributed by atoms with Crippen molar-refractivity contribution in [3.8, 4) is 33.8 Å². The van der Waals surface area contributed by atoms with Crippen LogP contribution in [-0.2, 0) is 0 Å². The molecule has 8 rings (SSSR count). The molecule has 0 bridgehead atoms. The van der Waals surface area contributed by atoms with Crippen LogP contribution in [0.15, 0.2) is 71.9 Å². The van der Waals surface area contributed by atoms with E-state index in [4.69, 9.17) is 21.3 Å². The van der Waals surface area contributed by atoms with E-state index in [-0.39, 0.29) is 11.6 Å². The summed E-state index contributed by atoms with van der Waals surface area (Å²) in [6.45, 7) is 6.38. The summed E-state index contributed by atoms with van der Waals surface area (Å²) >= 11 is 6.37. The van der Waals surface area contributed by atoms with Crippen LogP contribution in [0.4, 0.5) is 5.69 Å². The van der Waals surface area contributed by atoms with Crippen LogP contribution < -0.4 is 15.6 Å². The number of rotatable bonds is 4. The SMILES string of the molecule is C=C1COc2cc(-c3nc(C4C5CC5c5cc(-c6cc(Cl)ccc6-n6cnnn6)cc(=O)n54)[nH]c3C)ccc2N1. The van der Waals surface area contributed by atoms with Gasteiger partial charge in [0.1, 0.15) is 24.5 Å². The highest BCUT2D eigenvalue weighted by atomic mass is 35.5. The van der Waals surface area contributed by atoms with Crippen LogP contribution in [0.25, 0.3) is 28.1 Å². The number of hydrogen-bond donors (Lipinski definition) is 2. The highest BCUT2D eigenvalue weighted by Crippen LogP contribution is 2.60. The van der Waals surface area contributed by atoms with E-state index in [1.54, 1.807) is 16.8 Å². The monoisotopic (exact) mass is 550 g/mol. The fourth-order valence-electron chi connectivity index (χ4n) is 6.16. The van der Waals surface area contributed by atoms with Crippen LogP contribution >= 0.6 is 11.6 Å². The van der Waals surface area contributed by atoms with Gasteiger partial charge in [-0.3, -0.25) is 4.79 Å². The van der Waals surface area contributed by atoms with E-state index in [9.17, 15) is 4.79 Å². The van der Waals surface area contributed by atoms with Crippen molar-refractivity contribution in [1.29, 1.82) is 0 Å². The van der Waals surface area contributed by atoms with Gasteiger partial charge in [0.05, 0.1) is 23.1 Å². The third-order valence-corrected chi connectivity index (χ3v) is 8.25. The Morgan fingerprint density at radius 3 is 2.88 bits per heavy atom. The second kappa shape index (κ2) is 8.40. The summed E-state index contributed by atoms with van der Waals surface area (Å²) in [6.07, 6.45) is 2.54. The summed E-state index contributed by atoms with van der Waals surface area (Å²) in [5.74, 6) is 2.20. The van der Waals surface area contributed by atoms with Gasteiger partial charge in [0, 0.05) is 45.2 Å². The lowest BCUT2D eigenvalue weighted by molar-refractivity contribution is 0.347. The van der Waals surface area contributed by atoms with Crippen molar-refractivity contribution in [3.63, 3.8) is 0 Å². The topological polar surface area (TPSA) is 116 Å². The average Bonchev–Trinajstić information content (AvgIpc) is 3.24. The van der Waals surface area contributed by atoms with Gasteiger partial charge >= 0.3 is 0 Å². The summed E-state index contributed by atoms with van der Waals surface area (Å²) < 4.78 is 9.33. The smallest absolute Gasteiger partial charge is 0.252 e. The van der Waals surface area contributed by atoms with Crippen LogP contribution in [0.5, 0.6) is 5.75 Å². The molecule has 1 saturated carbocycles. The Balaban J connectivity index is 1.19. The van der Waals surface area contributed by atoms with Crippen molar-refractivity contribution in [2.24, 2.45) is 5.92 Å². The average molecular weight is 551 g/mol. The first-order chi connectivity index (χ1) is 19.4. The molecular weight excluding hydrogens is 528 g/mol. The number of hydrogen-bond acceptors (Lipinski definition) is 7. The summed E-state index contributed by atoms with van der Waals surface area (Å²) in [6, 6.07) is 15.1. The Labute approximate surface area is 233 Å². The van der Waals surface area contributed by atoms with Crippen molar-refractivity contribution < 1.29 is 4.74 Å². The summed E-state index contributed by atoms with van der Waals surface area (Å²) in [4.78, 5) is 22.2. The van der Waals surface area contributed by atoms with E-state index in [0.29, 0.717) is 23.5 Å². The Morgan fingerprint density at radius 1 is 1.12 bits per heavy atom. The van der Waals surface area contributed by atoms with Crippen molar-refractivity contribution in [1.82, 2.24) is 34.7 Å². The summed E-state index contributed by atoms with van der Waals surface area (Å²) in [7, 11) is 0. The second-order valence-corrected chi connectivity index (χ2v) is 11.0. The van der Waals surface area contributed by atoms with Gasteiger partial charge in [-0.05, 0) is 71.7 Å². The lowest BCUT2D eigenvalue weighted by Crippen LogP contribution is -2.26. The fraction of sp³-hybridized carbons (Fsp3) is 0.207. The third-order valence-electron chi connectivity index (χ3n) is 8.02. The number of aromatic amines is 1. The van der Waals surface area contributed by atoms with Gasteiger partial charge in [-0.25, -0.2) is 4.98 Å². The molecule has 10 nitrogen and oxygen atoms in total. The summed E-state index contributed by atoms with van der Waals surface area (Å²) in [5.41, 5.74) is 7.76. The number of H-pyrrole nitrogens is 1. The second-order valence-electron chi connectivity index (χ2n) is 10.6. The van der Waals surface area contributed by atoms with Crippen molar-refractivity contribution in [2.45, 2.75) is 25.3 Å². The number of nitrogens with one attached hydrogen (secondary N) is 2. The van der Waals surface area contributed by atoms with Crippen LogP contribution in [0, 0.1) is 12.8 Å². The first-order valence-electron chi connectivity index (χ1n) is 13.0. The molecule has 2 aliphatic heterocycles. The molecule has 3 unspecified atom stereocenters. The number of aromatic nitrogens is 7. The molecule has 0 amide bonds. The van der Waals surface area contributed by atoms with Gasteiger partial charge in [-0.15, -0.1) is 5.10 Å². The Hall–Kier alpha value is -4.70. The minimum absolute atomic E-state index is 0.0728. The number of benzene rings is 2. The first-order valence-corrected chi connectivity index (χ1v) is 13.4. The Morgan fingerprint density at radius 2 is 2.02 bits per heavy atom. The van der Waals surface area contributed by atoms with Crippen molar-refractivity contribution >= 4 is 17.3 Å². The van der Waals surface area contributed by atoms with E-state index in [1.165, 1.54) is 6.33 Å². The van der Waals surface area contributed by atoms with E-state index >= 15 is 0 Å². The molecule has 0 saturated heterocycles. The molecule has 40 heavy (non-hydrogen) atoms. The number of tetrazole rings is 1. The van der Waals surface area contributed by atoms with E-state index in [1.807, 2.05) is 41.8 Å². The quantitative estimate of drug-likeness (QED) is 0.328. The Kier molecular flexibility index (Phi) is 4.87.